The smallest absolute Gasteiger partial charge is 0.233 e. The van der Waals surface area contributed by atoms with Crippen molar-refractivity contribution in [2.45, 2.75) is 45.7 Å². The van der Waals surface area contributed by atoms with E-state index in [1.54, 1.807) is 6.33 Å². The summed E-state index contributed by atoms with van der Waals surface area (Å²) in [6.45, 7) is 10.9. The van der Waals surface area contributed by atoms with E-state index in [9.17, 15) is 9.59 Å². The van der Waals surface area contributed by atoms with Crippen molar-refractivity contribution >= 4 is 23.6 Å². The number of hydrogen-bond acceptors (Lipinski definition) is 5. The number of aryl methyl sites for hydroxylation is 2. The molecular formula is C22H31N5O2S. The fourth-order valence-electron chi connectivity index (χ4n) is 3.76. The van der Waals surface area contributed by atoms with Gasteiger partial charge < -0.3 is 9.80 Å². The Balaban J connectivity index is 1.54. The van der Waals surface area contributed by atoms with Crippen molar-refractivity contribution in [3.63, 3.8) is 0 Å². The van der Waals surface area contributed by atoms with Gasteiger partial charge in [-0.3, -0.25) is 14.2 Å². The highest BCUT2D eigenvalue weighted by molar-refractivity contribution is 7.99. The van der Waals surface area contributed by atoms with Gasteiger partial charge in [-0.05, 0) is 63.8 Å². The highest BCUT2D eigenvalue weighted by atomic mass is 32.2. The van der Waals surface area contributed by atoms with Crippen LogP contribution in [-0.4, -0.2) is 68.3 Å². The average molecular weight is 430 g/mol. The van der Waals surface area contributed by atoms with E-state index in [4.69, 9.17) is 0 Å². The normalized spacial score (nSPS) is 14.7. The van der Waals surface area contributed by atoms with Crippen molar-refractivity contribution < 1.29 is 9.59 Å². The molecule has 0 spiro atoms. The molecule has 1 aliphatic rings. The number of carbonyl (C=O) groups excluding carboxylic acids is 2. The van der Waals surface area contributed by atoms with Crippen molar-refractivity contribution in [3.8, 4) is 5.69 Å². The van der Waals surface area contributed by atoms with E-state index in [0.29, 0.717) is 24.0 Å². The molecule has 8 heteroatoms. The molecule has 1 fully saturated rings. The van der Waals surface area contributed by atoms with Gasteiger partial charge in [0.25, 0.3) is 0 Å². The van der Waals surface area contributed by atoms with Gasteiger partial charge in [0.2, 0.25) is 11.8 Å². The van der Waals surface area contributed by atoms with Crippen molar-refractivity contribution in [3.05, 3.63) is 35.7 Å². The van der Waals surface area contributed by atoms with E-state index in [1.807, 2.05) is 34.3 Å². The maximum Gasteiger partial charge on any atom is 0.233 e. The summed E-state index contributed by atoms with van der Waals surface area (Å²) in [6, 6.07) is 6.21. The number of aromatic nitrogens is 3. The van der Waals surface area contributed by atoms with Crippen molar-refractivity contribution in [1.29, 1.82) is 0 Å². The van der Waals surface area contributed by atoms with E-state index < -0.39 is 0 Å². The van der Waals surface area contributed by atoms with Crippen LogP contribution in [0, 0.1) is 19.8 Å². The van der Waals surface area contributed by atoms with Crippen molar-refractivity contribution in [2.24, 2.45) is 5.92 Å². The molecule has 1 aromatic carbocycles. The molecule has 2 amide bonds. The first kappa shape index (κ1) is 22.3. The molecule has 1 aliphatic heterocycles. The highest BCUT2D eigenvalue weighted by Gasteiger charge is 2.29. The molecule has 0 atom stereocenters. The molecule has 3 rings (SSSR count). The van der Waals surface area contributed by atoms with Gasteiger partial charge in [-0.1, -0.05) is 17.8 Å². The van der Waals surface area contributed by atoms with Gasteiger partial charge in [-0.15, -0.1) is 10.2 Å². The molecule has 1 saturated heterocycles. The van der Waals surface area contributed by atoms with E-state index in [1.165, 1.54) is 22.9 Å². The Bertz CT molecular complexity index is 885. The SMILES string of the molecule is CCN(CC)C(=O)C1CCN(C(=O)CSc2nncn2-c2ccc(C)c(C)c2)CC1. The Morgan fingerprint density at radius 1 is 1.13 bits per heavy atom. The number of amides is 2. The van der Waals surface area contributed by atoms with Crippen LogP contribution in [0.1, 0.15) is 37.8 Å². The molecule has 7 nitrogen and oxygen atoms in total. The quantitative estimate of drug-likeness (QED) is 0.633. The van der Waals surface area contributed by atoms with Crippen LogP contribution in [0.25, 0.3) is 5.69 Å². The summed E-state index contributed by atoms with van der Waals surface area (Å²) in [4.78, 5) is 29.0. The van der Waals surface area contributed by atoms with Crippen LogP contribution in [0.4, 0.5) is 0 Å². The molecule has 1 aromatic heterocycles. The Morgan fingerprint density at radius 2 is 1.83 bits per heavy atom. The predicted octanol–water partition coefficient (Wildman–Crippen LogP) is 3.08. The molecule has 0 unspecified atom stereocenters. The molecule has 162 valence electrons. The first-order chi connectivity index (χ1) is 14.4. The van der Waals surface area contributed by atoms with E-state index in [2.05, 4.69) is 36.2 Å². The number of carbonyl (C=O) groups is 2. The van der Waals surface area contributed by atoms with Crippen LogP contribution in [0.5, 0.6) is 0 Å². The van der Waals surface area contributed by atoms with Crippen LogP contribution in [-0.2, 0) is 9.59 Å². The summed E-state index contributed by atoms with van der Waals surface area (Å²) in [7, 11) is 0. The molecule has 0 N–H and O–H groups in total. The standard InChI is InChI=1S/C22H31N5O2S/c1-5-25(6-2)21(29)18-9-11-26(12-10-18)20(28)14-30-22-24-23-15-27(22)19-8-7-16(3)17(4)13-19/h7-8,13,15,18H,5-6,9-12,14H2,1-4H3. The Kier molecular flexibility index (Phi) is 7.53. The molecule has 30 heavy (non-hydrogen) atoms. The van der Waals surface area contributed by atoms with Gasteiger partial charge in [-0.2, -0.15) is 0 Å². The lowest BCUT2D eigenvalue weighted by Crippen LogP contribution is -2.44. The van der Waals surface area contributed by atoms with Crippen LogP contribution < -0.4 is 0 Å². The summed E-state index contributed by atoms with van der Waals surface area (Å²) >= 11 is 1.40. The van der Waals surface area contributed by atoms with E-state index in [-0.39, 0.29) is 17.7 Å². The number of thioether (sulfide) groups is 1. The number of rotatable bonds is 7. The highest BCUT2D eigenvalue weighted by Crippen LogP contribution is 2.24. The minimum Gasteiger partial charge on any atom is -0.343 e. The zero-order chi connectivity index (χ0) is 21.7. The monoisotopic (exact) mass is 429 g/mol. The molecule has 2 heterocycles. The zero-order valence-corrected chi connectivity index (χ0v) is 19.1. The molecule has 0 radical (unpaired) electrons. The molecule has 0 saturated carbocycles. The number of nitrogens with zero attached hydrogens (tertiary/aromatic N) is 5. The molecular weight excluding hydrogens is 398 g/mol. The van der Waals surface area contributed by atoms with E-state index in [0.717, 1.165) is 31.6 Å². The third kappa shape index (κ3) is 5.03. The third-order valence-electron chi connectivity index (χ3n) is 5.88. The first-order valence-electron chi connectivity index (χ1n) is 10.6. The number of hydrogen-bond donors (Lipinski definition) is 0. The summed E-state index contributed by atoms with van der Waals surface area (Å²) in [5, 5.41) is 8.92. The summed E-state index contributed by atoms with van der Waals surface area (Å²) in [5.74, 6) is 0.666. The summed E-state index contributed by atoms with van der Waals surface area (Å²) in [6.07, 6.45) is 3.16. The number of benzene rings is 1. The second-order valence-electron chi connectivity index (χ2n) is 7.71. The first-order valence-corrected chi connectivity index (χ1v) is 11.6. The summed E-state index contributed by atoms with van der Waals surface area (Å²) < 4.78 is 1.92. The largest absolute Gasteiger partial charge is 0.343 e. The van der Waals surface area contributed by atoms with Crippen LogP contribution in [0.15, 0.2) is 29.7 Å². The predicted molar refractivity (Wildman–Crippen MR) is 119 cm³/mol. The molecule has 0 bridgehead atoms. The maximum atomic E-state index is 12.7. The second-order valence-corrected chi connectivity index (χ2v) is 8.65. The number of piperidine rings is 1. The zero-order valence-electron chi connectivity index (χ0n) is 18.3. The maximum absolute atomic E-state index is 12.7. The van der Waals surface area contributed by atoms with E-state index >= 15 is 0 Å². The van der Waals surface area contributed by atoms with Crippen molar-refractivity contribution in [1.82, 2.24) is 24.6 Å². The fourth-order valence-corrected chi connectivity index (χ4v) is 4.59. The molecule has 0 aliphatic carbocycles. The van der Waals surface area contributed by atoms with Gasteiger partial charge in [0.1, 0.15) is 6.33 Å². The van der Waals surface area contributed by atoms with Crippen LogP contribution in [0.3, 0.4) is 0 Å². The Labute approximate surface area is 182 Å². The topological polar surface area (TPSA) is 71.3 Å². The van der Waals surface area contributed by atoms with Gasteiger partial charge in [0, 0.05) is 37.8 Å². The van der Waals surface area contributed by atoms with Gasteiger partial charge in [0.05, 0.1) is 5.75 Å². The van der Waals surface area contributed by atoms with Gasteiger partial charge in [0.15, 0.2) is 5.16 Å². The number of likely N-dealkylation sites (tertiary alicyclic amines) is 1. The minimum atomic E-state index is 0.0366. The lowest BCUT2D eigenvalue weighted by Gasteiger charge is -2.33. The molecule has 2 aromatic rings. The minimum absolute atomic E-state index is 0.0366. The van der Waals surface area contributed by atoms with Gasteiger partial charge >= 0.3 is 0 Å². The Hall–Kier alpha value is -2.35. The van der Waals surface area contributed by atoms with Crippen LogP contribution in [0.2, 0.25) is 0 Å². The fraction of sp³-hybridized carbons (Fsp3) is 0.545. The Morgan fingerprint density at radius 3 is 2.47 bits per heavy atom. The average Bonchev–Trinajstić information content (AvgIpc) is 3.23. The lowest BCUT2D eigenvalue weighted by molar-refractivity contribution is -0.139. The van der Waals surface area contributed by atoms with Crippen LogP contribution >= 0.6 is 11.8 Å². The van der Waals surface area contributed by atoms with Gasteiger partial charge in [-0.25, -0.2) is 0 Å². The third-order valence-corrected chi connectivity index (χ3v) is 6.81. The summed E-state index contributed by atoms with van der Waals surface area (Å²) in [5.41, 5.74) is 3.43. The second kappa shape index (κ2) is 10.1. The van der Waals surface area contributed by atoms with Crippen molar-refractivity contribution in [2.75, 3.05) is 31.9 Å². The lowest BCUT2D eigenvalue weighted by atomic mass is 9.95.